The molecule has 0 aliphatic heterocycles. The predicted molar refractivity (Wildman–Crippen MR) is 150 cm³/mol. The molecule has 0 aromatic heterocycles. The Morgan fingerprint density at radius 1 is 0.412 bits per heavy atom. The van der Waals surface area contributed by atoms with E-state index in [1.807, 2.05) is 12.2 Å². The van der Waals surface area contributed by atoms with E-state index in [0.29, 0.717) is 0 Å². The second-order valence-corrected chi connectivity index (χ2v) is 8.62. The maximum Gasteiger partial charge on any atom is -0.00199 e. The summed E-state index contributed by atoms with van der Waals surface area (Å²) >= 11 is 0. The smallest absolute Gasteiger partial charge is 0.00199 e. The molecule has 0 N–H and O–H groups in total. The lowest BCUT2D eigenvalue weighted by atomic mass is 9.85. The van der Waals surface area contributed by atoms with E-state index in [1.54, 1.807) is 0 Å². The highest BCUT2D eigenvalue weighted by molar-refractivity contribution is 6.26. The minimum Gasteiger partial charge on any atom is -0.0984 e. The van der Waals surface area contributed by atoms with E-state index in [4.69, 9.17) is 0 Å². The van der Waals surface area contributed by atoms with Crippen molar-refractivity contribution in [1.82, 2.24) is 0 Å². The Balaban J connectivity index is 1.70. The van der Waals surface area contributed by atoms with Crippen molar-refractivity contribution in [3.8, 4) is 22.3 Å². The van der Waals surface area contributed by atoms with Crippen molar-refractivity contribution in [2.75, 3.05) is 0 Å². The van der Waals surface area contributed by atoms with Crippen LogP contribution in [-0.4, -0.2) is 0 Å². The summed E-state index contributed by atoms with van der Waals surface area (Å²) < 4.78 is 0. The lowest BCUT2D eigenvalue weighted by Gasteiger charge is -2.18. The molecule has 0 saturated carbocycles. The molecule has 0 saturated heterocycles. The lowest BCUT2D eigenvalue weighted by Crippen LogP contribution is -1.92. The summed E-state index contributed by atoms with van der Waals surface area (Å²) in [6.07, 6.45) is 3.94. The average molecular weight is 433 g/mol. The van der Waals surface area contributed by atoms with E-state index in [2.05, 4.69) is 122 Å². The van der Waals surface area contributed by atoms with E-state index >= 15 is 0 Å². The first-order valence-electron chi connectivity index (χ1n) is 11.6. The molecule has 0 aliphatic carbocycles. The van der Waals surface area contributed by atoms with Gasteiger partial charge in [0.25, 0.3) is 0 Å². The molecule has 0 heterocycles. The molecule has 0 radical (unpaired) electrons. The number of hydrogen-bond donors (Lipinski definition) is 0. The van der Waals surface area contributed by atoms with Crippen molar-refractivity contribution in [3.05, 3.63) is 133 Å². The first-order chi connectivity index (χ1) is 16.8. The molecule has 0 amide bonds. The molecule has 0 atom stereocenters. The van der Waals surface area contributed by atoms with Crippen LogP contribution in [-0.2, 0) is 0 Å². The molecule has 0 unspecified atom stereocenters. The van der Waals surface area contributed by atoms with Crippen LogP contribution in [0.2, 0.25) is 0 Å². The molecule has 6 aromatic carbocycles. The Labute approximate surface area is 200 Å². The number of rotatable bonds is 4. The second-order valence-electron chi connectivity index (χ2n) is 8.62. The van der Waals surface area contributed by atoms with Crippen LogP contribution in [0, 0.1) is 0 Å². The molecular weight excluding hydrogens is 408 g/mol. The van der Waals surface area contributed by atoms with Gasteiger partial charge in [-0.15, -0.1) is 0 Å². The topological polar surface area (TPSA) is 0 Å². The van der Waals surface area contributed by atoms with Gasteiger partial charge < -0.3 is 0 Å². The maximum atomic E-state index is 4.18. The number of fused-ring (bicyclic) bond motifs is 5. The Morgan fingerprint density at radius 3 is 1.53 bits per heavy atom. The van der Waals surface area contributed by atoms with Crippen LogP contribution in [0.15, 0.2) is 122 Å². The highest BCUT2D eigenvalue weighted by Crippen LogP contribution is 2.42. The van der Waals surface area contributed by atoms with Crippen LogP contribution >= 0.6 is 0 Å². The highest BCUT2D eigenvalue weighted by Gasteiger charge is 2.16. The summed E-state index contributed by atoms with van der Waals surface area (Å²) in [6, 6.07) is 39.1. The summed E-state index contributed by atoms with van der Waals surface area (Å²) in [7, 11) is 0. The molecule has 6 rings (SSSR count). The standard InChI is InChI=1S/C34H24/c1-3-26-27(4-2)33-22-32(25-20-18-24(19-21-25)23-12-6-5-7-13-23)29-15-9-11-17-31(29)34(33)30-16-10-8-14-28(26)30/h3-22H,1-2H2. The van der Waals surface area contributed by atoms with E-state index in [-0.39, 0.29) is 0 Å². The van der Waals surface area contributed by atoms with E-state index < -0.39 is 0 Å². The number of hydrogen-bond acceptors (Lipinski definition) is 0. The van der Waals surface area contributed by atoms with Crippen LogP contribution < -0.4 is 0 Å². The fourth-order valence-corrected chi connectivity index (χ4v) is 5.26. The fraction of sp³-hybridized carbons (Fsp3) is 0. The lowest BCUT2D eigenvalue weighted by molar-refractivity contribution is 1.61. The molecule has 160 valence electrons. The Hall–Kier alpha value is -4.42. The Bertz CT molecular complexity index is 1700. The van der Waals surface area contributed by atoms with Crippen molar-refractivity contribution in [2.45, 2.75) is 0 Å². The van der Waals surface area contributed by atoms with Gasteiger partial charge in [-0.2, -0.15) is 0 Å². The van der Waals surface area contributed by atoms with Gasteiger partial charge in [-0.05, 0) is 71.8 Å². The van der Waals surface area contributed by atoms with Crippen LogP contribution in [0.3, 0.4) is 0 Å². The van der Waals surface area contributed by atoms with Gasteiger partial charge >= 0.3 is 0 Å². The largest absolute Gasteiger partial charge is 0.0984 e. The van der Waals surface area contributed by atoms with Crippen molar-refractivity contribution in [2.24, 2.45) is 0 Å². The summed E-state index contributed by atoms with van der Waals surface area (Å²) in [4.78, 5) is 0. The van der Waals surface area contributed by atoms with Gasteiger partial charge in [0.2, 0.25) is 0 Å². The first-order valence-corrected chi connectivity index (χ1v) is 11.6. The zero-order valence-electron chi connectivity index (χ0n) is 19.0. The second kappa shape index (κ2) is 8.17. The molecule has 0 nitrogen and oxygen atoms in total. The van der Waals surface area contributed by atoms with Crippen molar-refractivity contribution in [3.63, 3.8) is 0 Å². The first kappa shape index (κ1) is 20.2. The third-order valence-corrected chi connectivity index (χ3v) is 6.82. The zero-order valence-corrected chi connectivity index (χ0v) is 19.0. The van der Waals surface area contributed by atoms with Gasteiger partial charge in [0, 0.05) is 0 Å². The van der Waals surface area contributed by atoms with Gasteiger partial charge in [0.05, 0.1) is 0 Å². The van der Waals surface area contributed by atoms with Gasteiger partial charge in [-0.3, -0.25) is 0 Å². The average Bonchev–Trinajstić information content (AvgIpc) is 2.92. The molecular formula is C34H24. The predicted octanol–water partition coefficient (Wildman–Crippen LogP) is 9.77. The maximum absolute atomic E-state index is 4.18. The molecule has 0 heteroatoms. The van der Waals surface area contributed by atoms with Crippen LogP contribution in [0.25, 0.3) is 66.7 Å². The van der Waals surface area contributed by atoms with Gasteiger partial charge in [0.1, 0.15) is 0 Å². The molecule has 0 bridgehead atoms. The van der Waals surface area contributed by atoms with E-state index in [9.17, 15) is 0 Å². The Morgan fingerprint density at radius 2 is 0.882 bits per heavy atom. The monoisotopic (exact) mass is 432 g/mol. The van der Waals surface area contributed by atoms with Crippen molar-refractivity contribution in [1.29, 1.82) is 0 Å². The third-order valence-electron chi connectivity index (χ3n) is 6.82. The van der Waals surface area contributed by atoms with Gasteiger partial charge in [-0.25, -0.2) is 0 Å². The van der Waals surface area contributed by atoms with Crippen molar-refractivity contribution < 1.29 is 0 Å². The minimum absolute atomic E-state index is 1.14. The molecule has 0 fully saturated rings. The van der Waals surface area contributed by atoms with E-state index in [0.717, 1.165) is 11.1 Å². The van der Waals surface area contributed by atoms with Crippen LogP contribution in [0.4, 0.5) is 0 Å². The summed E-state index contributed by atoms with van der Waals surface area (Å²) in [6.45, 7) is 8.31. The van der Waals surface area contributed by atoms with Gasteiger partial charge in [-0.1, -0.05) is 128 Å². The molecule has 0 aliphatic rings. The van der Waals surface area contributed by atoms with E-state index in [1.165, 1.54) is 54.6 Å². The van der Waals surface area contributed by atoms with Gasteiger partial charge in [0.15, 0.2) is 0 Å². The fourth-order valence-electron chi connectivity index (χ4n) is 5.26. The minimum atomic E-state index is 1.14. The Kier molecular flexibility index (Phi) is 4.86. The van der Waals surface area contributed by atoms with Crippen LogP contribution in [0.5, 0.6) is 0 Å². The highest BCUT2D eigenvalue weighted by atomic mass is 14.2. The molecule has 6 aromatic rings. The number of benzene rings is 6. The SMILES string of the molecule is C=Cc1c(C=C)c2cc(-c3ccc(-c4ccccc4)cc3)c3ccccc3c2c2ccccc12. The normalized spacial score (nSPS) is 11.2. The summed E-state index contributed by atoms with van der Waals surface area (Å²) in [5, 5.41) is 7.47. The third kappa shape index (κ3) is 3.08. The summed E-state index contributed by atoms with van der Waals surface area (Å²) in [5.41, 5.74) is 7.17. The van der Waals surface area contributed by atoms with Crippen LogP contribution in [0.1, 0.15) is 11.1 Å². The molecule has 34 heavy (non-hydrogen) atoms. The van der Waals surface area contributed by atoms with Crippen molar-refractivity contribution >= 4 is 44.5 Å². The quantitative estimate of drug-likeness (QED) is 0.243. The zero-order chi connectivity index (χ0) is 23.1. The molecule has 0 spiro atoms. The summed E-state index contributed by atoms with van der Waals surface area (Å²) in [5.74, 6) is 0.